The molecule has 2 aliphatic heterocycles. The summed E-state index contributed by atoms with van der Waals surface area (Å²) in [5.41, 5.74) is 3.92. The molecule has 0 bridgehead atoms. The van der Waals surface area contributed by atoms with Crippen LogP contribution in [0.15, 0.2) is 72.9 Å². The molecule has 310 valence electrons. The molecule has 5 heterocycles. The first-order valence-electron chi connectivity index (χ1n) is 20.9. The van der Waals surface area contributed by atoms with Crippen molar-refractivity contribution < 1.29 is 28.6 Å². The molecule has 4 aliphatic rings. The van der Waals surface area contributed by atoms with E-state index in [0.717, 1.165) is 79.3 Å². The fourth-order valence-electron chi connectivity index (χ4n) is 8.77. The van der Waals surface area contributed by atoms with Crippen LogP contribution in [0, 0.1) is 0 Å². The Morgan fingerprint density at radius 3 is 2.58 bits per heavy atom. The van der Waals surface area contributed by atoms with Gasteiger partial charge in [-0.1, -0.05) is 51.1 Å². The van der Waals surface area contributed by atoms with E-state index in [9.17, 15) is 9.59 Å². The van der Waals surface area contributed by atoms with Gasteiger partial charge in [-0.05, 0) is 80.3 Å². The Kier molecular flexibility index (Phi) is 10.6. The van der Waals surface area contributed by atoms with Crippen molar-refractivity contribution in [2.75, 3.05) is 56.2 Å². The standard InChI is InChI=1S/C44H53N9O6/c1-43(2,3)38-28-40(52(48-38)31-9-8-10-32(27-31)57-26-23-49-21-24-56-25-22-49)45-42(55)53(58-30-54)36-14-15-37(35-12-5-4-11-34(35)36)59-33-13-16-39-46-47-41(50(39)29-33)51-20-7-6-17-44(51)18-19-44/h4-5,8-13,16,27-30,36-37H,6-7,14-15,17-26H2,1-3H3,(H,45,55)/t36-,37+/m0/s1. The SMILES string of the molecule is CC(C)(C)c1cc(NC(=O)N(OC=O)[C@H]2CC[C@@H](Oc3ccc4nnc(N5CCCCC56CC6)n4c3)c3ccccc32)n(-c2cccc(OCCN3CCOCC3)c2)n1. The normalized spacial score (nSPS) is 20.2. The maximum atomic E-state index is 14.3. The smallest absolute Gasteiger partial charge is 0.356 e. The van der Waals surface area contributed by atoms with Crippen LogP contribution in [0.4, 0.5) is 16.6 Å². The van der Waals surface area contributed by atoms with Gasteiger partial charge in [0.1, 0.15) is 30.0 Å². The molecule has 59 heavy (non-hydrogen) atoms. The van der Waals surface area contributed by atoms with Crippen molar-refractivity contribution in [1.29, 1.82) is 0 Å². The number of benzene rings is 2. The van der Waals surface area contributed by atoms with Crippen molar-refractivity contribution in [1.82, 2.24) is 34.3 Å². The van der Waals surface area contributed by atoms with E-state index < -0.39 is 12.1 Å². The Morgan fingerprint density at radius 1 is 0.949 bits per heavy atom. The maximum absolute atomic E-state index is 14.3. The van der Waals surface area contributed by atoms with Gasteiger partial charge >= 0.3 is 12.5 Å². The Morgan fingerprint density at radius 2 is 1.78 bits per heavy atom. The zero-order valence-corrected chi connectivity index (χ0v) is 34.1. The number of urea groups is 1. The first kappa shape index (κ1) is 38.8. The molecular weight excluding hydrogens is 751 g/mol. The van der Waals surface area contributed by atoms with Gasteiger partial charge in [-0.3, -0.25) is 19.4 Å². The molecule has 0 radical (unpaired) electrons. The van der Waals surface area contributed by atoms with Crippen molar-refractivity contribution >= 4 is 29.9 Å². The number of nitrogens with zero attached hydrogens (tertiary/aromatic N) is 8. The van der Waals surface area contributed by atoms with Crippen LogP contribution in [0.25, 0.3) is 11.3 Å². The first-order valence-corrected chi connectivity index (χ1v) is 20.9. The third-order valence-corrected chi connectivity index (χ3v) is 12.1. The summed E-state index contributed by atoms with van der Waals surface area (Å²) in [5.74, 6) is 2.69. The number of nitrogens with one attached hydrogen (secondary N) is 1. The number of carbonyl (C=O) groups is 2. The molecule has 2 aromatic carbocycles. The topological polar surface area (TPSA) is 141 Å². The van der Waals surface area contributed by atoms with E-state index in [2.05, 4.69) is 46.1 Å². The summed E-state index contributed by atoms with van der Waals surface area (Å²) >= 11 is 0. The first-order chi connectivity index (χ1) is 28.7. The molecule has 1 spiro atoms. The number of ether oxygens (including phenoxy) is 3. The molecule has 2 saturated heterocycles. The van der Waals surface area contributed by atoms with Crippen LogP contribution in [-0.4, -0.2) is 98.4 Å². The molecule has 9 rings (SSSR count). The minimum atomic E-state index is -0.604. The number of aromatic nitrogens is 5. The second-order valence-electron chi connectivity index (χ2n) is 17.1. The Labute approximate surface area is 344 Å². The summed E-state index contributed by atoms with van der Waals surface area (Å²) in [6, 6.07) is 20.1. The van der Waals surface area contributed by atoms with Gasteiger partial charge in [-0.2, -0.15) is 5.10 Å². The third-order valence-electron chi connectivity index (χ3n) is 12.1. The minimum Gasteiger partial charge on any atom is -0.492 e. The average molecular weight is 804 g/mol. The summed E-state index contributed by atoms with van der Waals surface area (Å²) < 4.78 is 22.1. The van der Waals surface area contributed by atoms with E-state index >= 15 is 0 Å². The van der Waals surface area contributed by atoms with Gasteiger partial charge in [0.25, 0.3) is 0 Å². The molecule has 2 amide bonds. The summed E-state index contributed by atoms with van der Waals surface area (Å²) in [6.45, 7) is 12.1. The van der Waals surface area contributed by atoms with Gasteiger partial charge in [-0.15, -0.1) is 15.3 Å². The Balaban J connectivity index is 0.938. The van der Waals surface area contributed by atoms with Crippen molar-refractivity contribution in [3.8, 4) is 17.2 Å². The lowest BCUT2D eigenvalue weighted by Crippen LogP contribution is -2.42. The number of anilines is 2. The summed E-state index contributed by atoms with van der Waals surface area (Å²) in [4.78, 5) is 36.6. The molecule has 15 heteroatoms. The lowest BCUT2D eigenvalue weighted by molar-refractivity contribution is -0.169. The number of carbonyl (C=O) groups excluding carboxylic acids is 2. The highest BCUT2D eigenvalue weighted by molar-refractivity contribution is 5.89. The Hall–Kier alpha value is -5.67. The highest BCUT2D eigenvalue weighted by atomic mass is 16.7. The molecule has 2 atom stereocenters. The number of fused-ring (bicyclic) bond motifs is 2. The zero-order valence-electron chi connectivity index (χ0n) is 34.1. The number of pyridine rings is 1. The van der Waals surface area contributed by atoms with E-state index in [4.69, 9.17) is 24.1 Å². The van der Waals surface area contributed by atoms with Crippen LogP contribution in [0.2, 0.25) is 0 Å². The quantitative estimate of drug-likeness (QED) is 0.103. The Bertz CT molecular complexity index is 2290. The van der Waals surface area contributed by atoms with Crippen molar-refractivity contribution in [2.24, 2.45) is 0 Å². The van der Waals surface area contributed by atoms with E-state index in [1.54, 1.807) is 4.68 Å². The predicted molar refractivity (Wildman–Crippen MR) is 221 cm³/mol. The molecule has 3 fully saturated rings. The van der Waals surface area contributed by atoms with Crippen molar-refractivity contribution in [3.63, 3.8) is 0 Å². The monoisotopic (exact) mass is 803 g/mol. The van der Waals surface area contributed by atoms with Crippen LogP contribution in [-0.2, 0) is 19.8 Å². The molecular formula is C44H53N9O6. The molecule has 1 N–H and O–H groups in total. The largest absolute Gasteiger partial charge is 0.492 e. The highest BCUT2D eigenvalue weighted by Crippen LogP contribution is 2.50. The molecule has 2 aliphatic carbocycles. The van der Waals surface area contributed by atoms with E-state index in [1.807, 2.05) is 77.3 Å². The number of hydrogen-bond donors (Lipinski definition) is 1. The van der Waals surface area contributed by atoms with E-state index in [-0.39, 0.29) is 17.1 Å². The molecule has 15 nitrogen and oxygen atoms in total. The summed E-state index contributed by atoms with van der Waals surface area (Å²) in [5, 5.41) is 18.2. The van der Waals surface area contributed by atoms with Crippen LogP contribution in [0.1, 0.15) is 94.7 Å². The van der Waals surface area contributed by atoms with Gasteiger partial charge < -0.3 is 23.9 Å². The van der Waals surface area contributed by atoms with Gasteiger partial charge in [0.05, 0.1) is 36.8 Å². The van der Waals surface area contributed by atoms with E-state index in [0.29, 0.717) is 48.9 Å². The average Bonchev–Trinajstić information content (AvgIpc) is 3.66. The van der Waals surface area contributed by atoms with Gasteiger partial charge in [-0.25, -0.2) is 9.48 Å². The molecule has 5 aromatic rings. The molecule has 1 saturated carbocycles. The van der Waals surface area contributed by atoms with Gasteiger partial charge in [0.2, 0.25) is 5.95 Å². The number of rotatable bonds is 12. The fourth-order valence-corrected chi connectivity index (χ4v) is 8.77. The lowest BCUT2D eigenvalue weighted by Gasteiger charge is -2.36. The highest BCUT2D eigenvalue weighted by Gasteiger charge is 2.50. The van der Waals surface area contributed by atoms with Gasteiger partial charge in [0.15, 0.2) is 5.65 Å². The van der Waals surface area contributed by atoms with Crippen LogP contribution in [0.3, 0.4) is 0 Å². The second-order valence-corrected chi connectivity index (χ2v) is 17.1. The van der Waals surface area contributed by atoms with Crippen molar-refractivity contribution in [2.45, 2.75) is 88.8 Å². The lowest BCUT2D eigenvalue weighted by atomic mass is 9.85. The maximum Gasteiger partial charge on any atom is 0.356 e. The molecule has 0 unspecified atom stereocenters. The zero-order chi connectivity index (χ0) is 40.6. The van der Waals surface area contributed by atoms with Crippen LogP contribution >= 0.6 is 0 Å². The number of amides is 2. The summed E-state index contributed by atoms with van der Waals surface area (Å²) in [6.07, 6.45) is 8.73. The van der Waals surface area contributed by atoms with Crippen molar-refractivity contribution in [3.05, 3.63) is 89.7 Å². The number of hydrogen-bond acceptors (Lipinski definition) is 11. The molecule has 3 aromatic heterocycles. The predicted octanol–water partition coefficient (Wildman–Crippen LogP) is 7.02. The summed E-state index contributed by atoms with van der Waals surface area (Å²) in [7, 11) is 0. The number of hydroxylamine groups is 2. The van der Waals surface area contributed by atoms with Crippen LogP contribution in [0.5, 0.6) is 11.5 Å². The van der Waals surface area contributed by atoms with Gasteiger partial charge in [0, 0.05) is 49.3 Å². The van der Waals surface area contributed by atoms with E-state index in [1.165, 1.54) is 25.7 Å². The minimum absolute atomic E-state index is 0.217. The third kappa shape index (κ3) is 8.05. The number of piperidine rings is 1. The second kappa shape index (κ2) is 16.2. The van der Waals surface area contributed by atoms with Crippen LogP contribution < -0.4 is 19.7 Å². The fraction of sp³-hybridized carbons (Fsp3) is 0.477. The number of morpholine rings is 1.